The minimum Gasteiger partial charge on any atom is -0.454 e. The summed E-state index contributed by atoms with van der Waals surface area (Å²) in [5, 5.41) is 13.5. The van der Waals surface area contributed by atoms with E-state index in [-0.39, 0.29) is 25.0 Å². The van der Waals surface area contributed by atoms with Gasteiger partial charge in [0.1, 0.15) is 5.40 Å². The van der Waals surface area contributed by atoms with Gasteiger partial charge in [-0.25, -0.2) is 0 Å². The smallest absolute Gasteiger partial charge is 0.231 e. The minimum absolute atomic E-state index is 0.0430. The van der Waals surface area contributed by atoms with Crippen LogP contribution in [0.15, 0.2) is 47.4 Å². The molecule has 2 amide bonds. The molecule has 0 spiro atoms. The van der Waals surface area contributed by atoms with Gasteiger partial charge in [-0.2, -0.15) is 5.26 Å². The summed E-state index contributed by atoms with van der Waals surface area (Å²) in [6.45, 7) is 1.01. The van der Waals surface area contributed by atoms with Crippen molar-refractivity contribution in [2.75, 3.05) is 18.7 Å². The zero-order chi connectivity index (χ0) is 19.5. The molecule has 1 N–H and O–H groups in total. The van der Waals surface area contributed by atoms with Gasteiger partial charge < -0.3 is 19.7 Å². The summed E-state index contributed by atoms with van der Waals surface area (Å²) >= 11 is 1.06. The molecule has 0 aromatic heterocycles. The molecule has 0 bridgehead atoms. The van der Waals surface area contributed by atoms with Crippen molar-refractivity contribution in [1.29, 1.82) is 5.26 Å². The van der Waals surface area contributed by atoms with Gasteiger partial charge in [0, 0.05) is 30.1 Å². The second-order valence-corrected chi connectivity index (χ2v) is 7.43. The largest absolute Gasteiger partial charge is 0.454 e. The van der Waals surface area contributed by atoms with Gasteiger partial charge >= 0.3 is 0 Å². The topological polar surface area (TPSA) is 91.7 Å². The van der Waals surface area contributed by atoms with Crippen molar-refractivity contribution in [3.05, 3.63) is 48.0 Å². The quantitative estimate of drug-likeness (QED) is 0.618. The SMILES string of the molecule is N#CSc1ccc(NC(=O)C2CC(=O)N(Cc3ccc4c(c3)OCO4)C2)cc1. The molecule has 1 unspecified atom stereocenters. The van der Waals surface area contributed by atoms with Crippen LogP contribution in [0.25, 0.3) is 0 Å². The average Bonchev–Trinajstić information content (AvgIpc) is 3.30. The van der Waals surface area contributed by atoms with Gasteiger partial charge in [0.05, 0.1) is 5.92 Å². The van der Waals surface area contributed by atoms with E-state index in [2.05, 4.69) is 5.32 Å². The van der Waals surface area contributed by atoms with Crippen LogP contribution in [0.4, 0.5) is 5.69 Å². The fraction of sp³-hybridized carbons (Fsp3) is 0.250. The number of nitrogens with one attached hydrogen (secondary N) is 1. The summed E-state index contributed by atoms with van der Waals surface area (Å²) in [5.74, 6) is 0.764. The molecule has 2 aromatic rings. The second kappa shape index (κ2) is 7.82. The number of nitriles is 1. The molecular weight excluding hydrogens is 378 g/mol. The van der Waals surface area contributed by atoms with E-state index in [0.29, 0.717) is 30.3 Å². The molecule has 2 heterocycles. The molecule has 1 fully saturated rings. The van der Waals surface area contributed by atoms with Crippen molar-refractivity contribution in [2.45, 2.75) is 17.9 Å². The molecule has 8 heteroatoms. The number of ether oxygens (including phenoxy) is 2. The maximum atomic E-state index is 12.5. The lowest BCUT2D eigenvalue weighted by Crippen LogP contribution is -2.28. The van der Waals surface area contributed by atoms with Gasteiger partial charge in [-0.1, -0.05) is 6.07 Å². The lowest BCUT2D eigenvalue weighted by molar-refractivity contribution is -0.128. The number of rotatable bonds is 5. The Hall–Kier alpha value is -3.18. The summed E-state index contributed by atoms with van der Waals surface area (Å²) in [6, 6.07) is 12.6. The van der Waals surface area contributed by atoms with Gasteiger partial charge in [0.15, 0.2) is 11.5 Å². The van der Waals surface area contributed by atoms with E-state index < -0.39 is 5.92 Å². The van der Waals surface area contributed by atoms with Crippen LogP contribution in [-0.4, -0.2) is 30.1 Å². The summed E-state index contributed by atoms with van der Waals surface area (Å²) in [6.07, 6.45) is 0.193. The monoisotopic (exact) mass is 395 g/mol. The average molecular weight is 395 g/mol. The molecule has 0 aliphatic carbocycles. The minimum atomic E-state index is -0.394. The van der Waals surface area contributed by atoms with Crippen LogP contribution in [0, 0.1) is 16.6 Å². The number of hydrogen-bond acceptors (Lipinski definition) is 6. The molecule has 1 atom stereocenters. The molecule has 1 saturated heterocycles. The van der Waals surface area contributed by atoms with Crippen LogP contribution in [0.5, 0.6) is 11.5 Å². The number of amides is 2. The third-order valence-corrected chi connectivity index (χ3v) is 5.28. The highest BCUT2D eigenvalue weighted by atomic mass is 32.2. The standard InChI is InChI=1S/C20H17N3O4S/c21-11-28-16-4-2-15(3-5-16)22-20(25)14-8-19(24)23(10-14)9-13-1-6-17-18(7-13)27-12-26-17/h1-7,14H,8-10,12H2,(H,22,25). The molecule has 7 nitrogen and oxygen atoms in total. The summed E-state index contributed by atoms with van der Waals surface area (Å²) in [4.78, 5) is 27.4. The Balaban J connectivity index is 1.36. The highest BCUT2D eigenvalue weighted by Crippen LogP contribution is 2.33. The molecule has 0 radical (unpaired) electrons. The maximum Gasteiger partial charge on any atom is 0.231 e. The van der Waals surface area contributed by atoms with Gasteiger partial charge in [0.25, 0.3) is 0 Å². The number of likely N-dealkylation sites (tertiary alicyclic amines) is 1. The molecule has 2 aromatic carbocycles. The van der Waals surface area contributed by atoms with E-state index >= 15 is 0 Å². The number of carbonyl (C=O) groups is 2. The van der Waals surface area contributed by atoms with Crippen molar-refractivity contribution in [2.24, 2.45) is 5.92 Å². The predicted molar refractivity (Wildman–Crippen MR) is 103 cm³/mol. The Morgan fingerprint density at radius 3 is 2.79 bits per heavy atom. The Bertz CT molecular complexity index is 955. The van der Waals surface area contributed by atoms with Crippen LogP contribution in [0.2, 0.25) is 0 Å². The second-order valence-electron chi connectivity index (χ2n) is 6.57. The van der Waals surface area contributed by atoms with Crippen molar-refractivity contribution in [1.82, 2.24) is 4.90 Å². The van der Waals surface area contributed by atoms with Crippen LogP contribution < -0.4 is 14.8 Å². The van der Waals surface area contributed by atoms with Crippen molar-refractivity contribution in [3.8, 4) is 16.9 Å². The predicted octanol–water partition coefficient (Wildman–Crippen LogP) is 2.98. The number of thiocyanates is 1. The van der Waals surface area contributed by atoms with E-state index in [1.54, 1.807) is 29.2 Å². The van der Waals surface area contributed by atoms with Crippen LogP contribution in [0.3, 0.4) is 0 Å². The Morgan fingerprint density at radius 2 is 2.00 bits per heavy atom. The number of fused-ring (bicyclic) bond motifs is 1. The highest BCUT2D eigenvalue weighted by Gasteiger charge is 2.34. The van der Waals surface area contributed by atoms with E-state index in [1.807, 2.05) is 23.6 Å². The zero-order valence-electron chi connectivity index (χ0n) is 14.9. The van der Waals surface area contributed by atoms with Gasteiger partial charge in [-0.3, -0.25) is 9.59 Å². The van der Waals surface area contributed by atoms with Crippen molar-refractivity contribution in [3.63, 3.8) is 0 Å². The fourth-order valence-corrected chi connectivity index (χ4v) is 3.64. The summed E-state index contributed by atoms with van der Waals surface area (Å²) in [7, 11) is 0. The van der Waals surface area contributed by atoms with Crippen LogP contribution >= 0.6 is 11.8 Å². The fourth-order valence-electron chi connectivity index (χ4n) is 3.26. The van der Waals surface area contributed by atoms with Crippen LogP contribution in [0.1, 0.15) is 12.0 Å². The number of hydrogen-bond donors (Lipinski definition) is 1. The first-order valence-corrected chi connectivity index (χ1v) is 9.57. The highest BCUT2D eigenvalue weighted by molar-refractivity contribution is 8.03. The first-order valence-electron chi connectivity index (χ1n) is 8.75. The third kappa shape index (κ3) is 3.89. The van der Waals surface area contributed by atoms with Gasteiger partial charge in [-0.05, 0) is 53.7 Å². The molecule has 0 saturated carbocycles. The molecule has 4 rings (SSSR count). The maximum absolute atomic E-state index is 12.5. The summed E-state index contributed by atoms with van der Waals surface area (Å²) in [5.41, 5.74) is 1.58. The summed E-state index contributed by atoms with van der Waals surface area (Å²) < 4.78 is 10.7. The van der Waals surface area contributed by atoms with E-state index in [0.717, 1.165) is 22.2 Å². The number of anilines is 1. The molecule has 2 aliphatic heterocycles. The molecule has 142 valence electrons. The first-order chi connectivity index (χ1) is 13.6. The number of thioether (sulfide) groups is 1. The lowest BCUT2D eigenvalue weighted by Gasteiger charge is -2.17. The normalized spacial score (nSPS) is 17.5. The lowest BCUT2D eigenvalue weighted by atomic mass is 10.1. The number of nitrogens with zero attached hydrogens (tertiary/aromatic N) is 2. The van der Waals surface area contributed by atoms with Crippen molar-refractivity contribution >= 4 is 29.3 Å². The Morgan fingerprint density at radius 1 is 1.21 bits per heavy atom. The molecule has 2 aliphatic rings. The zero-order valence-corrected chi connectivity index (χ0v) is 15.7. The van der Waals surface area contributed by atoms with E-state index in [4.69, 9.17) is 14.7 Å². The Labute approximate surface area is 166 Å². The van der Waals surface area contributed by atoms with Crippen molar-refractivity contribution < 1.29 is 19.1 Å². The van der Waals surface area contributed by atoms with Crippen LogP contribution in [-0.2, 0) is 16.1 Å². The molecular formula is C20H17N3O4S. The third-order valence-electron chi connectivity index (χ3n) is 4.68. The van der Waals surface area contributed by atoms with E-state index in [9.17, 15) is 9.59 Å². The molecule has 28 heavy (non-hydrogen) atoms. The number of carbonyl (C=O) groups excluding carboxylic acids is 2. The van der Waals surface area contributed by atoms with Gasteiger partial charge in [0.2, 0.25) is 18.6 Å². The van der Waals surface area contributed by atoms with E-state index in [1.165, 1.54) is 0 Å². The Kier molecular flexibility index (Phi) is 5.08. The van der Waals surface area contributed by atoms with Gasteiger partial charge in [-0.15, -0.1) is 0 Å². The first kappa shape index (κ1) is 18.2. The number of benzene rings is 2.